The second-order valence-electron chi connectivity index (χ2n) is 5.54. The quantitative estimate of drug-likeness (QED) is 0.800. The van der Waals surface area contributed by atoms with Gasteiger partial charge in [0.25, 0.3) is 0 Å². The normalized spacial score (nSPS) is 24.9. The zero-order chi connectivity index (χ0) is 11.8. The molecule has 2 atom stereocenters. The Hall–Kier alpha value is -0.860. The lowest BCUT2D eigenvalue weighted by Gasteiger charge is -2.41. The third-order valence-corrected chi connectivity index (χ3v) is 3.43. The molecule has 0 fully saturated rings. The molecule has 0 aromatic heterocycles. The van der Waals surface area contributed by atoms with Gasteiger partial charge in [0.1, 0.15) is 0 Å². The molecular formula is C14H21NO. The monoisotopic (exact) mass is 219 g/mol. The van der Waals surface area contributed by atoms with Crippen molar-refractivity contribution >= 4 is 0 Å². The fourth-order valence-corrected chi connectivity index (χ4v) is 2.58. The predicted molar refractivity (Wildman–Crippen MR) is 66.4 cm³/mol. The van der Waals surface area contributed by atoms with E-state index in [4.69, 9.17) is 0 Å². The molecule has 1 aromatic carbocycles. The Bertz CT molecular complexity index is 373. The largest absolute Gasteiger partial charge is 0.396 e. The molecule has 1 aliphatic rings. The third kappa shape index (κ3) is 2.13. The van der Waals surface area contributed by atoms with Crippen LogP contribution in [0.15, 0.2) is 24.3 Å². The van der Waals surface area contributed by atoms with Crippen molar-refractivity contribution in [3.63, 3.8) is 0 Å². The van der Waals surface area contributed by atoms with Gasteiger partial charge >= 0.3 is 0 Å². The minimum atomic E-state index is 0.114. The Labute approximate surface area is 97.7 Å². The summed E-state index contributed by atoms with van der Waals surface area (Å²) in [5.41, 5.74) is 2.88. The van der Waals surface area contributed by atoms with Crippen molar-refractivity contribution in [3.8, 4) is 0 Å². The maximum Gasteiger partial charge on any atom is 0.0474 e. The zero-order valence-electron chi connectivity index (χ0n) is 10.3. The summed E-state index contributed by atoms with van der Waals surface area (Å²) in [5, 5.41) is 13.0. The lowest BCUT2D eigenvalue weighted by Crippen LogP contribution is -2.49. The van der Waals surface area contributed by atoms with Gasteiger partial charge in [0.05, 0.1) is 0 Å². The van der Waals surface area contributed by atoms with Crippen molar-refractivity contribution in [1.29, 1.82) is 0 Å². The number of aliphatic hydroxyl groups is 1. The summed E-state index contributed by atoms with van der Waals surface area (Å²) < 4.78 is 0. The lowest BCUT2D eigenvalue weighted by atomic mass is 9.80. The summed E-state index contributed by atoms with van der Waals surface area (Å²) in [6.45, 7) is 6.76. The van der Waals surface area contributed by atoms with E-state index >= 15 is 0 Å². The van der Waals surface area contributed by atoms with Crippen LogP contribution in [0.25, 0.3) is 0 Å². The first-order valence-corrected chi connectivity index (χ1v) is 6.00. The Morgan fingerprint density at radius 2 is 2.12 bits per heavy atom. The first-order chi connectivity index (χ1) is 7.53. The van der Waals surface area contributed by atoms with Crippen LogP contribution in [0.3, 0.4) is 0 Å². The number of rotatable bonds is 2. The summed E-state index contributed by atoms with van der Waals surface area (Å²) in [4.78, 5) is 0. The average Bonchev–Trinajstić information content (AvgIpc) is 2.25. The van der Waals surface area contributed by atoms with E-state index in [2.05, 4.69) is 50.4 Å². The minimum absolute atomic E-state index is 0.114. The predicted octanol–water partition coefficient (Wildman–Crippen LogP) is 2.28. The highest BCUT2D eigenvalue weighted by molar-refractivity contribution is 5.34. The summed E-state index contributed by atoms with van der Waals surface area (Å²) in [6.07, 6.45) is 1.05. The maximum absolute atomic E-state index is 9.34. The van der Waals surface area contributed by atoms with Crippen molar-refractivity contribution in [3.05, 3.63) is 35.4 Å². The van der Waals surface area contributed by atoms with E-state index in [1.165, 1.54) is 11.1 Å². The molecule has 16 heavy (non-hydrogen) atoms. The Balaban J connectivity index is 2.39. The molecular weight excluding hydrogens is 198 g/mol. The molecule has 1 aliphatic heterocycles. The van der Waals surface area contributed by atoms with Gasteiger partial charge < -0.3 is 10.4 Å². The van der Waals surface area contributed by atoms with Crippen LogP contribution >= 0.6 is 0 Å². The van der Waals surface area contributed by atoms with E-state index in [0.717, 1.165) is 6.42 Å². The van der Waals surface area contributed by atoms with Crippen molar-refractivity contribution in [2.24, 2.45) is 5.92 Å². The van der Waals surface area contributed by atoms with Crippen LogP contribution in [-0.4, -0.2) is 17.3 Å². The number of hydrogen-bond acceptors (Lipinski definition) is 2. The highest BCUT2D eigenvalue weighted by Crippen LogP contribution is 2.33. The van der Waals surface area contributed by atoms with Gasteiger partial charge in [-0.1, -0.05) is 31.2 Å². The van der Waals surface area contributed by atoms with Crippen molar-refractivity contribution in [1.82, 2.24) is 5.32 Å². The Kier molecular flexibility index (Phi) is 3.04. The molecule has 2 nitrogen and oxygen atoms in total. The van der Waals surface area contributed by atoms with E-state index < -0.39 is 0 Å². The molecule has 0 aliphatic carbocycles. The summed E-state index contributed by atoms with van der Waals surface area (Å²) in [6, 6.07) is 8.82. The van der Waals surface area contributed by atoms with Crippen LogP contribution in [0, 0.1) is 5.92 Å². The molecule has 88 valence electrons. The molecule has 0 radical (unpaired) electrons. The molecule has 1 heterocycles. The molecule has 1 aromatic rings. The van der Waals surface area contributed by atoms with Crippen LogP contribution in [-0.2, 0) is 6.42 Å². The van der Waals surface area contributed by atoms with Crippen LogP contribution in [0.5, 0.6) is 0 Å². The van der Waals surface area contributed by atoms with Gasteiger partial charge in [0, 0.05) is 18.2 Å². The third-order valence-electron chi connectivity index (χ3n) is 3.43. The van der Waals surface area contributed by atoms with E-state index in [1.54, 1.807) is 0 Å². The number of benzene rings is 1. The van der Waals surface area contributed by atoms with Crippen LogP contribution in [0.2, 0.25) is 0 Å². The highest BCUT2D eigenvalue weighted by Gasteiger charge is 2.33. The second-order valence-corrected chi connectivity index (χ2v) is 5.54. The summed E-state index contributed by atoms with van der Waals surface area (Å²) in [7, 11) is 0. The molecule has 2 N–H and O–H groups in total. The molecule has 0 spiro atoms. The van der Waals surface area contributed by atoms with E-state index in [-0.39, 0.29) is 24.1 Å². The first-order valence-electron chi connectivity index (χ1n) is 6.00. The van der Waals surface area contributed by atoms with Gasteiger partial charge in [0.2, 0.25) is 0 Å². The van der Waals surface area contributed by atoms with E-state index in [9.17, 15) is 5.11 Å². The van der Waals surface area contributed by atoms with Crippen LogP contribution < -0.4 is 5.32 Å². The van der Waals surface area contributed by atoms with Crippen LogP contribution in [0.1, 0.15) is 37.9 Å². The summed E-state index contributed by atoms with van der Waals surface area (Å²) >= 11 is 0. The highest BCUT2D eigenvalue weighted by atomic mass is 16.3. The summed E-state index contributed by atoms with van der Waals surface area (Å²) in [5.74, 6) is 0.251. The zero-order valence-corrected chi connectivity index (χ0v) is 10.3. The number of nitrogens with one attached hydrogen (secondary N) is 1. The number of fused-ring (bicyclic) bond motifs is 1. The van der Waals surface area contributed by atoms with Crippen molar-refractivity contribution < 1.29 is 5.11 Å². The first kappa shape index (κ1) is 11.6. The van der Waals surface area contributed by atoms with Gasteiger partial charge in [-0.25, -0.2) is 0 Å². The Morgan fingerprint density at radius 1 is 1.44 bits per heavy atom. The lowest BCUT2D eigenvalue weighted by molar-refractivity contribution is 0.172. The molecule has 0 amide bonds. The van der Waals surface area contributed by atoms with Crippen molar-refractivity contribution in [2.75, 3.05) is 6.61 Å². The fourth-order valence-electron chi connectivity index (χ4n) is 2.58. The van der Waals surface area contributed by atoms with E-state index in [1.807, 2.05) is 0 Å². The molecule has 0 saturated heterocycles. The molecule has 2 unspecified atom stereocenters. The number of aliphatic hydroxyl groups excluding tert-OH is 1. The number of hydrogen-bond donors (Lipinski definition) is 2. The standard InChI is InChI=1S/C14H21NO/c1-10(9-16)13-12-7-5-4-6-11(12)8-14(2,3)15-13/h4-7,10,13,15-16H,8-9H2,1-3H3. The SMILES string of the molecule is CC(CO)C1NC(C)(C)Cc2ccccc21. The minimum Gasteiger partial charge on any atom is -0.396 e. The maximum atomic E-state index is 9.34. The van der Waals surface area contributed by atoms with Crippen molar-refractivity contribution in [2.45, 2.75) is 38.8 Å². The van der Waals surface area contributed by atoms with Gasteiger partial charge in [-0.15, -0.1) is 0 Å². The molecule has 2 heteroatoms. The molecule has 0 saturated carbocycles. The van der Waals surface area contributed by atoms with Crippen LogP contribution in [0.4, 0.5) is 0 Å². The fraction of sp³-hybridized carbons (Fsp3) is 0.571. The van der Waals surface area contributed by atoms with E-state index in [0.29, 0.717) is 0 Å². The Morgan fingerprint density at radius 3 is 2.81 bits per heavy atom. The molecule has 0 bridgehead atoms. The smallest absolute Gasteiger partial charge is 0.0474 e. The second kappa shape index (κ2) is 4.19. The van der Waals surface area contributed by atoms with Gasteiger partial charge in [0.15, 0.2) is 0 Å². The van der Waals surface area contributed by atoms with Gasteiger partial charge in [-0.3, -0.25) is 0 Å². The van der Waals surface area contributed by atoms with Gasteiger partial charge in [-0.2, -0.15) is 0 Å². The van der Waals surface area contributed by atoms with Gasteiger partial charge in [-0.05, 0) is 37.3 Å². The molecule has 2 rings (SSSR count). The average molecular weight is 219 g/mol. The topological polar surface area (TPSA) is 32.3 Å².